The number of benzene rings is 1. The molecule has 3 aromatic heterocycles. The Kier molecular flexibility index (Phi) is 7.16. The Hall–Kier alpha value is -3.07. The minimum absolute atomic E-state index is 0.0000278. The lowest BCUT2D eigenvalue weighted by atomic mass is 10.0. The van der Waals surface area contributed by atoms with E-state index in [4.69, 9.17) is 16.6 Å². The molecular formula is C28H33ClFN7. The molecule has 4 aromatic rings. The number of aromatic amines is 1. The smallest absolute Gasteiger partial charge is 0.132 e. The Labute approximate surface area is 222 Å². The van der Waals surface area contributed by atoms with Crippen LogP contribution in [0.1, 0.15) is 27.7 Å². The highest BCUT2D eigenvalue weighted by molar-refractivity contribution is 6.30. The summed E-state index contributed by atoms with van der Waals surface area (Å²) in [7, 11) is 0. The maximum atomic E-state index is 14.5. The van der Waals surface area contributed by atoms with Crippen LogP contribution in [0.15, 0.2) is 48.8 Å². The molecule has 7 nitrogen and oxygen atoms in total. The third kappa shape index (κ3) is 5.46. The molecule has 1 aliphatic rings. The monoisotopic (exact) mass is 521 g/mol. The molecule has 0 spiro atoms. The van der Waals surface area contributed by atoms with E-state index < -0.39 is 0 Å². The van der Waals surface area contributed by atoms with E-state index in [9.17, 15) is 4.39 Å². The van der Waals surface area contributed by atoms with E-state index in [1.807, 2.05) is 24.4 Å². The van der Waals surface area contributed by atoms with Crippen LogP contribution in [-0.2, 0) is 0 Å². The van der Waals surface area contributed by atoms with E-state index in [1.54, 1.807) is 12.3 Å². The largest absolute Gasteiger partial charge is 0.382 e. The number of nitrogens with one attached hydrogen (secondary N) is 2. The fourth-order valence-electron chi connectivity index (χ4n) is 4.90. The molecule has 0 amide bonds. The van der Waals surface area contributed by atoms with Crippen molar-refractivity contribution < 1.29 is 4.39 Å². The third-order valence-corrected chi connectivity index (χ3v) is 7.50. The summed E-state index contributed by atoms with van der Waals surface area (Å²) in [6.07, 6.45) is 3.57. The number of aromatic nitrogens is 4. The Morgan fingerprint density at radius 3 is 2.59 bits per heavy atom. The van der Waals surface area contributed by atoms with Crippen LogP contribution >= 0.6 is 11.6 Å². The van der Waals surface area contributed by atoms with Crippen molar-refractivity contribution in [3.63, 3.8) is 0 Å². The first-order valence-corrected chi connectivity index (χ1v) is 13.1. The highest BCUT2D eigenvalue weighted by Gasteiger charge is 2.30. The molecule has 37 heavy (non-hydrogen) atoms. The van der Waals surface area contributed by atoms with Crippen molar-refractivity contribution >= 4 is 28.3 Å². The maximum absolute atomic E-state index is 14.5. The molecule has 0 unspecified atom stereocenters. The molecule has 194 valence electrons. The van der Waals surface area contributed by atoms with Gasteiger partial charge in [-0.05, 0) is 64.1 Å². The summed E-state index contributed by atoms with van der Waals surface area (Å²) < 4.78 is 14.5. The van der Waals surface area contributed by atoms with E-state index in [2.05, 4.69) is 58.0 Å². The van der Waals surface area contributed by atoms with Crippen molar-refractivity contribution in [3.05, 3.63) is 59.6 Å². The van der Waals surface area contributed by atoms with Crippen LogP contribution in [0.25, 0.3) is 33.5 Å². The van der Waals surface area contributed by atoms with Crippen LogP contribution < -0.4 is 5.32 Å². The van der Waals surface area contributed by atoms with E-state index in [0.717, 1.165) is 49.4 Å². The number of piperazine rings is 1. The van der Waals surface area contributed by atoms with E-state index >= 15 is 0 Å². The predicted molar refractivity (Wildman–Crippen MR) is 148 cm³/mol. The lowest BCUT2D eigenvalue weighted by molar-refractivity contribution is 0.0463. The third-order valence-electron chi connectivity index (χ3n) is 7.26. The summed E-state index contributed by atoms with van der Waals surface area (Å²) in [6, 6.07) is 10.8. The zero-order valence-electron chi connectivity index (χ0n) is 21.7. The minimum Gasteiger partial charge on any atom is -0.382 e. The normalized spacial score (nSPS) is 15.5. The van der Waals surface area contributed by atoms with E-state index in [-0.39, 0.29) is 11.4 Å². The average Bonchev–Trinajstić information content (AvgIpc) is 3.38. The van der Waals surface area contributed by atoms with Gasteiger partial charge in [0.15, 0.2) is 0 Å². The summed E-state index contributed by atoms with van der Waals surface area (Å²) in [4.78, 5) is 14.5. The number of halogens is 2. The fourth-order valence-corrected chi connectivity index (χ4v) is 5.07. The lowest BCUT2D eigenvalue weighted by Crippen LogP contribution is -2.58. The quantitative estimate of drug-likeness (QED) is 0.325. The summed E-state index contributed by atoms with van der Waals surface area (Å²) in [6.45, 7) is 14.2. The number of H-pyrrole nitrogens is 1. The second kappa shape index (κ2) is 10.4. The molecule has 1 aliphatic heterocycles. The van der Waals surface area contributed by atoms with Crippen molar-refractivity contribution in [2.45, 2.75) is 39.3 Å². The summed E-state index contributed by atoms with van der Waals surface area (Å²) in [5, 5.41) is 11.1. The van der Waals surface area contributed by atoms with Gasteiger partial charge in [-0.3, -0.25) is 19.9 Å². The number of nitrogens with zero attached hydrogens (tertiary/aromatic N) is 5. The first-order valence-electron chi connectivity index (χ1n) is 12.7. The molecule has 0 bridgehead atoms. The lowest BCUT2D eigenvalue weighted by Gasteiger charge is -2.45. The summed E-state index contributed by atoms with van der Waals surface area (Å²) in [5.74, 6) is -0.389. The predicted octanol–water partition coefficient (Wildman–Crippen LogP) is 5.70. The van der Waals surface area contributed by atoms with Crippen molar-refractivity contribution in [1.82, 2.24) is 30.0 Å². The number of pyridine rings is 2. The molecule has 1 fully saturated rings. The average molecular weight is 522 g/mol. The minimum atomic E-state index is -0.389. The Bertz CT molecular complexity index is 1390. The Balaban J connectivity index is 1.35. The van der Waals surface area contributed by atoms with Crippen LogP contribution in [0.5, 0.6) is 0 Å². The molecule has 9 heteroatoms. The van der Waals surface area contributed by atoms with Gasteiger partial charge in [0.2, 0.25) is 0 Å². The second-order valence-electron chi connectivity index (χ2n) is 10.5. The first kappa shape index (κ1) is 25.6. The zero-order valence-corrected chi connectivity index (χ0v) is 22.5. The van der Waals surface area contributed by atoms with Gasteiger partial charge < -0.3 is 5.32 Å². The number of fused-ring (bicyclic) bond motifs is 1. The summed E-state index contributed by atoms with van der Waals surface area (Å²) in [5.41, 5.74) is 4.63. The molecule has 0 aliphatic carbocycles. The second-order valence-corrected chi connectivity index (χ2v) is 10.9. The fraction of sp³-hybridized carbons (Fsp3) is 0.393. The van der Waals surface area contributed by atoms with Gasteiger partial charge in [-0.2, -0.15) is 5.10 Å². The highest BCUT2D eigenvalue weighted by Crippen LogP contribution is 2.33. The molecule has 5 rings (SSSR count). The SMILES string of the molecule is CC(C)N1CCN(C(C)(C)CNc2cnc3ccc(-c4c[nH]nc4-c4cc(Cl)ccc4F)nc3c2)CC1. The molecule has 0 radical (unpaired) electrons. The molecular weight excluding hydrogens is 489 g/mol. The molecule has 2 N–H and O–H groups in total. The van der Waals surface area contributed by atoms with Gasteiger partial charge >= 0.3 is 0 Å². The first-order chi connectivity index (χ1) is 17.7. The van der Waals surface area contributed by atoms with Crippen LogP contribution in [-0.4, -0.2) is 74.3 Å². The van der Waals surface area contributed by atoms with E-state index in [1.165, 1.54) is 12.1 Å². The molecule has 4 heterocycles. The molecule has 0 saturated carbocycles. The molecule has 0 atom stereocenters. The van der Waals surface area contributed by atoms with Gasteiger partial charge in [0, 0.05) is 66.7 Å². The van der Waals surface area contributed by atoms with Crippen LogP contribution in [0.4, 0.5) is 10.1 Å². The van der Waals surface area contributed by atoms with Gasteiger partial charge in [0.25, 0.3) is 0 Å². The van der Waals surface area contributed by atoms with E-state index in [0.29, 0.717) is 33.6 Å². The molecule has 1 saturated heterocycles. The van der Waals surface area contributed by atoms with Gasteiger partial charge in [-0.15, -0.1) is 0 Å². The van der Waals surface area contributed by atoms with Crippen molar-refractivity contribution in [3.8, 4) is 22.5 Å². The van der Waals surface area contributed by atoms with Gasteiger partial charge in [-0.1, -0.05) is 11.6 Å². The number of rotatable bonds is 7. The maximum Gasteiger partial charge on any atom is 0.132 e. The molecule has 1 aromatic carbocycles. The van der Waals surface area contributed by atoms with Crippen LogP contribution in [0.3, 0.4) is 0 Å². The van der Waals surface area contributed by atoms with Crippen molar-refractivity contribution in [1.29, 1.82) is 0 Å². The Morgan fingerprint density at radius 2 is 1.84 bits per heavy atom. The number of hydrogen-bond acceptors (Lipinski definition) is 6. The van der Waals surface area contributed by atoms with Crippen molar-refractivity contribution in [2.75, 3.05) is 38.0 Å². The van der Waals surface area contributed by atoms with Gasteiger partial charge in [-0.25, -0.2) is 9.37 Å². The van der Waals surface area contributed by atoms with Gasteiger partial charge in [0.05, 0.1) is 28.6 Å². The standard InChI is InChI=1S/C28H33ClFN7/c1-18(2)36-9-11-37(12-10-36)28(3,4)17-32-20-14-26-25(31-15-20)8-7-24(34-26)22-16-33-35-27(22)21-13-19(29)5-6-23(21)30/h5-8,13-16,18,32H,9-12,17H2,1-4H3,(H,33,35). The van der Waals surface area contributed by atoms with Crippen molar-refractivity contribution in [2.24, 2.45) is 0 Å². The number of hydrogen-bond donors (Lipinski definition) is 2. The highest BCUT2D eigenvalue weighted by atomic mass is 35.5. The van der Waals surface area contributed by atoms with Crippen LogP contribution in [0.2, 0.25) is 5.02 Å². The topological polar surface area (TPSA) is 73.0 Å². The Morgan fingerprint density at radius 1 is 1.05 bits per heavy atom. The summed E-state index contributed by atoms with van der Waals surface area (Å²) >= 11 is 6.12. The number of anilines is 1. The zero-order chi connectivity index (χ0) is 26.2. The van der Waals surface area contributed by atoms with Gasteiger partial charge in [0.1, 0.15) is 11.5 Å². The van der Waals surface area contributed by atoms with Crippen LogP contribution in [0, 0.1) is 5.82 Å².